The van der Waals surface area contributed by atoms with Gasteiger partial charge in [0.2, 0.25) is 0 Å². The molecule has 0 aliphatic carbocycles. The van der Waals surface area contributed by atoms with Crippen molar-refractivity contribution in [1.82, 2.24) is 9.97 Å². The van der Waals surface area contributed by atoms with Crippen molar-refractivity contribution in [3.8, 4) is 0 Å². The lowest BCUT2D eigenvalue weighted by molar-refractivity contribution is 1.12. The maximum absolute atomic E-state index is 4.73. The number of pyridine rings is 2. The minimum Gasteiger partial charge on any atom is -0.370 e. The van der Waals surface area contributed by atoms with Gasteiger partial charge in [-0.2, -0.15) is 0 Å². The molecule has 0 bridgehead atoms. The maximum Gasteiger partial charge on any atom is 0.130 e. The molecule has 0 saturated carbocycles. The molecule has 0 unspecified atom stereocenters. The number of hydrogen-bond acceptors (Lipinski definition) is 4. The number of nitrogens with one attached hydrogen (secondary N) is 1. The molecule has 0 aliphatic heterocycles. The van der Waals surface area contributed by atoms with Crippen LogP contribution in [0.5, 0.6) is 0 Å². The average Bonchev–Trinajstić information content (AvgIpc) is 2.54. The van der Waals surface area contributed by atoms with E-state index in [4.69, 9.17) is 4.98 Å². The van der Waals surface area contributed by atoms with Crippen LogP contribution in [0.1, 0.15) is 12.5 Å². The lowest BCUT2D eigenvalue weighted by atomic mass is 10.1. The van der Waals surface area contributed by atoms with E-state index in [1.54, 1.807) is 11.8 Å². The van der Waals surface area contributed by atoms with Gasteiger partial charge >= 0.3 is 0 Å². The van der Waals surface area contributed by atoms with Gasteiger partial charge in [0.15, 0.2) is 0 Å². The Morgan fingerprint density at radius 2 is 1.95 bits per heavy atom. The zero-order valence-corrected chi connectivity index (χ0v) is 12.7. The number of benzene rings is 1. The highest BCUT2D eigenvalue weighted by Crippen LogP contribution is 2.27. The van der Waals surface area contributed by atoms with Gasteiger partial charge in [-0.3, -0.25) is 0 Å². The summed E-state index contributed by atoms with van der Waals surface area (Å²) < 4.78 is 0. The summed E-state index contributed by atoms with van der Waals surface area (Å²) in [4.78, 5) is 9.09. The summed E-state index contributed by atoms with van der Waals surface area (Å²) in [5, 5.41) is 5.57. The third-order valence-corrected chi connectivity index (χ3v) is 4.15. The Kier molecular flexibility index (Phi) is 4.36. The summed E-state index contributed by atoms with van der Waals surface area (Å²) in [7, 11) is 0. The number of rotatable bonds is 5. The largest absolute Gasteiger partial charge is 0.370 e. The summed E-state index contributed by atoms with van der Waals surface area (Å²) in [6, 6.07) is 16.4. The van der Waals surface area contributed by atoms with E-state index in [-0.39, 0.29) is 0 Å². The number of anilines is 1. The monoisotopic (exact) mass is 295 g/mol. The Hall–Kier alpha value is -2.07. The molecule has 0 saturated heterocycles. The topological polar surface area (TPSA) is 37.8 Å². The molecule has 4 heteroatoms. The standard InChI is InChI=1S/C17H17N3S/c1-2-18-17-14(12-21-16-9-5-6-10-19-16)11-13-7-3-4-8-15(13)20-17/h3-11H,2,12H2,1H3,(H,18,20). The molecule has 106 valence electrons. The van der Waals surface area contributed by atoms with Crippen LogP contribution in [0, 0.1) is 0 Å². The fraction of sp³-hybridized carbons (Fsp3) is 0.176. The van der Waals surface area contributed by atoms with Crippen LogP contribution in [0.4, 0.5) is 5.82 Å². The number of fused-ring (bicyclic) bond motifs is 1. The highest BCUT2D eigenvalue weighted by molar-refractivity contribution is 7.98. The minimum absolute atomic E-state index is 0.858. The summed E-state index contributed by atoms with van der Waals surface area (Å²) >= 11 is 1.73. The van der Waals surface area contributed by atoms with E-state index in [9.17, 15) is 0 Å². The van der Waals surface area contributed by atoms with Gasteiger partial charge in [0.25, 0.3) is 0 Å². The fourth-order valence-corrected chi connectivity index (χ4v) is 3.01. The van der Waals surface area contributed by atoms with Gasteiger partial charge in [-0.25, -0.2) is 9.97 Å². The predicted molar refractivity (Wildman–Crippen MR) is 89.7 cm³/mol. The molecule has 3 aromatic rings. The molecule has 2 heterocycles. The van der Waals surface area contributed by atoms with Gasteiger partial charge < -0.3 is 5.32 Å². The molecule has 0 amide bonds. The molecule has 1 aromatic carbocycles. The number of para-hydroxylation sites is 1. The average molecular weight is 295 g/mol. The summed E-state index contributed by atoms with van der Waals surface area (Å²) in [5.41, 5.74) is 2.24. The molecule has 0 fully saturated rings. The van der Waals surface area contributed by atoms with Crippen LogP contribution in [0.3, 0.4) is 0 Å². The molecule has 1 N–H and O–H groups in total. The number of nitrogens with zero attached hydrogens (tertiary/aromatic N) is 2. The first-order valence-corrected chi connectivity index (χ1v) is 8.02. The number of thioether (sulfide) groups is 1. The van der Waals surface area contributed by atoms with Crippen LogP contribution in [-0.2, 0) is 5.75 Å². The number of aromatic nitrogens is 2. The molecule has 0 aliphatic rings. The molecular weight excluding hydrogens is 278 g/mol. The smallest absolute Gasteiger partial charge is 0.130 e. The van der Waals surface area contributed by atoms with Crippen LogP contribution >= 0.6 is 11.8 Å². The van der Waals surface area contributed by atoms with Crippen molar-refractivity contribution in [3.63, 3.8) is 0 Å². The molecule has 21 heavy (non-hydrogen) atoms. The highest BCUT2D eigenvalue weighted by Gasteiger charge is 2.07. The van der Waals surface area contributed by atoms with E-state index < -0.39 is 0 Å². The van der Waals surface area contributed by atoms with Crippen LogP contribution < -0.4 is 5.32 Å². The fourth-order valence-electron chi connectivity index (χ4n) is 2.17. The first-order chi connectivity index (χ1) is 10.4. The SMILES string of the molecule is CCNc1nc2ccccc2cc1CSc1ccccn1. The predicted octanol–water partition coefficient (Wildman–Crippen LogP) is 4.35. The zero-order chi connectivity index (χ0) is 14.5. The minimum atomic E-state index is 0.858. The quantitative estimate of drug-likeness (QED) is 0.710. The van der Waals surface area contributed by atoms with Crippen molar-refractivity contribution >= 4 is 28.5 Å². The maximum atomic E-state index is 4.73. The van der Waals surface area contributed by atoms with E-state index >= 15 is 0 Å². The van der Waals surface area contributed by atoms with Crippen molar-refractivity contribution in [2.75, 3.05) is 11.9 Å². The highest BCUT2D eigenvalue weighted by atomic mass is 32.2. The zero-order valence-electron chi connectivity index (χ0n) is 11.9. The Labute approximate surface area is 128 Å². The molecule has 3 nitrogen and oxygen atoms in total. The molecule has 0 atom stereocenters. The second kappa shape index (κ2) is 6.59. The normalized spacial score (nSPS) is 10.7. The second-order valence-corrected chi connectivity index (χ2v) is 5.67. The number of hydrogen-bond donors (Lipinski definition) is 1. The molecule has 0 radical (unpaired) electrons. The summed E-state index contributed by atoms with van der Waals surface area (Å²) in [5.74, 6) is 1.83. The van der Waals surface area contributed by atoms with E-state index in [1.807, 2.05) is 42.6 Å². The lowest BCUT2D eigenvalue weighted by Crippen LogP contribution is -2.03. The van der Waals surface area contributed by atoms with Gasteiger partial charge in [-0.1, -0.05) is 24.3 Å². The summed E-state index contributed by atoms with van der Waals surface area (Å²) in [6.07, 6.45) is 1.83. The lowest BCUT2D eigenvalue weighted by Gasteiger charge is -2.11. The van der Waals surface area contributed by atoms with Crippen molar-refractivity contribution in [2.45, 2.75) is 17.7 Å². The van der Waals surface area contributed by atoms with Crippen LogP contribution in [0.2, 0.25) is 0 Å². The van der Waals surface area contributed by atoms with Crippen LogP contribution in [0.15, 0.2) is 59.8 Å². The first kappa shape index (κ1) is 13.9. The Morgan fingerprint density at radius 3 is 2.76 bits per heavy atom. The Balaban J connectivity index is 1.90. The molecule has 3 rings (SSSR count). The van der Waals surface area contributed by atoms with Crippen LogP contribution in [0.25, 0.3) is 10.9 Å². The van der Waals surface area contributed by atoms with E-state index in [2.05, 4.69) is 29.4 Å². The van der Waals surface area contributed by atoms with Gasteiger partial charge in [-0.15, -0.1) is 11.8 Å². The first-order valence-electron chi connectivity index (χ1n) is 7.03. The van der Waals surface area contributed by atoms with Gasteiger partial charge in [-0.05, 0) is 31.2 Å². The van der Waals surface area contributed by atoms with E-state index in [1.165, 1.54) is 10.9 Å². The van der Waals surface area contributed by atoms with E-state index in [0.717, 1.165) is 28.7 Å². The molecule has 0 spiro atoms. The van der Waals surface area contributed by atoms with Crippen molar-refractivity contribution in [3.05, 3.63) is 60.3 Å². The second-order valence-electron chi connectivity index (χ2n) is 4.68. The third kappa shape index (κ3) is 3.34. The van der Waals surface area contributed by atoms with Crippen molar-refractivity contribution < 1.29 is 0 Å². The van der Waals surface area contributed by atoms with Crippen molar-refractivity contribution in [2.24, 2.45) is 0 Å². The Morgan fingerprint density at radius 1 is 1.10 bits per heavy atom. The molecular formula is C17H17N3S. The van der Waals surface area contributed by atoms with Crippen molar-refractivity contribution in [1.29, 1.82) is 0 Å². The van der Waals surface area contributed by atoms with Crippen LogP contribution in [-0.4, -0.2) is 16.5 Å². The van der Waals surface area contributed by atoms with E-state index in [0.29, 0.717) is 0 Å². The van der Waals surface area contributed by atoms with Gasteiger partial charge in [0, 0.05) is 29.4 Å². The third-order valence-electron chi connectivity index (χ3n) is 3.16. The molecule has 2 aromatic heterocycles. The van der Waals surface area contributed by atoms with Gasteiger partial charge in [0.1, 0.15) is 5.82 Å². The Bertz CT molecular complexity index is 728. The summed E-state index contributed by atoms with van der Waals surface area (Å²) in [6.45, 7) is 2.96. The van der Waals surface area contributed by atoms with Gasteiger partial charge in [0.05, 0.1) is 10.5 Å².